The normalized spacial score (nSPS) is 13.9. The first-order valence-electron chi connectivity index (χ1n) is 9.52. The van der Waals surface area contributed by atoms with Crippen LogP contribution in [0.5, 0.6) is 0 Å². The first kappa shape index (κ1) is 33.1. The van der Waals surface area contributed by atoms with Gasteiger partial charge >= 0.3 is 59.1 Å². The van der Waals surface area contributed by atoms with Crippen LogP contribution in [0.15, 0.2) is 51.3 Å². The van der Waals surface area contributed by atoms with Crippen molar-refractivity contribution in [1.29, 1.82) is 0 Å². The standard InChI is InChI=1S/C20H18N4O9S2.2Na/c1-10(25)21-13-3-5-14(6-4-13)23-24-19-17(35(31,32)33)8-12-7-15(34(28,29)30)9-16(22-11(2)26)18(12)20(19)27;;/h3-9,23H,1-2H3,(H,21,25)(H,22,26)(H,28,29,30)(H,31,32,33);;/q;2*+1/p-2/b24-19+;;. The number of anilines is 3. The Morgan fingerprint density at radius 1 is 0.838 bits per heavy atom. The van der Waals surface area contributed by atoms with Crippen LogP contribution in [0.2, 0.25) is 0 Å². The van der Waals surface area contributed by atoms with Crippen LogP contribution >= 0.6 is 0 Å². The third-order valence-corrected chi connectivity index (χ3v) is 6.14. The van der Waals surface area contributed by atoms with Crippen molar-refractivity contribution in [2.24, 2.45) is 5.10 Å². The monoisotopic (exact) mass is 566 g/mol. The van der Waals surface area contributed by atoms with E-state index in [0.717, 1.165) is 19.1 Å². The molecule has 1 aliphatic carbocycles. The summed E-state index contributed by atoms with van der Waals surface area (Å²) in [5, 5.41) is 8.50. The van der Waals surface area contributed by atoms with Gasteiger partial charge in [0.25, 0.3) is 0 Å². The molecule has 184 valence electrons. The van der Waals surface area contributed by atoms with Crippen LogP contribution in [0.3, 0.4) is 0 Å². The second-order valence-corrected chi connectivity index (χ2v) is 9.92. The summed E-state index contributed by atoms with van der Waals surface area (Å²) < 4.78 is 70.2. The summed E-state index contributed by atoms with van der Waals surface area (Å²) in [6, 6.07) is 7.33. The van der Waals surface area contributed by atoms with Gasteiger partial charge in [-0.2, -0.15) is 5.10 Å². The molecule has 3 N–H and O–H groups in total. The van der Waals surface area contributed by atoms with E-state index < -0.39 is 47.4 Å². The molecule has 0 heterocycles. The molecule has 0 atom stereocenters. The Balaban J connectivity index is 0.00000342. The number of nitrogens with one attached hydrogen (secondary N) is 3. The van der Waals surface area contributed by atoms with Crippen molar-refractivity contribution in [3.8, 4) is 0 Å². The molecule has 3 rings (SSSR count). The number of hydrogen-bond acceptors (Lipinski definition) is 11. The van der Waals surface area contributed by atoms with Gasteiger partial charge in [-0.15, -0.1) is 0 Å². The van der Waals surface area contributed by atoms with Crippen LogP contribution in [-0.2, 0) is 29.8 Å². The smallest absolute Gasteiger partial charge is 0.744 e. The predicted octanol–water partition coefficient (Wildman–Crippen LogP) is -4.93. The molecule has 2 amide bonds. The number of amides is 2. The number of benzene rings is 2. The van der Waals surface area contributed by atoms with E-state index in [4.69, 9.17) is 0 Å². The maximum Gasteiger partial charge on any atom is 1.00 e. The molecule has 17 heteroatoms. The van der Waals surface area contributed by atoms with E-state index in [1.807, 2.05) is 0 Å². The number of ketones is 1. The van der Waals surface area contributed by atoms with Crippen LogP contribution in [0.4, 0.5) is 17.1 Å². The van der Waals surface area contributed by atoms with Crippen molar-refractivity contribution < 1.29 is 99.4 Å². The fraction of sp³-hybridized carbons (Fsp3) is 0.100. The van der Waals surface area contributed by atoms with Gasteiger partial charge in [0, 0.05) is 19.5 Å². The van der Waals surface area contributed by atoms with Gasteiger partial charge in [0.1, 0.15) is 25.9 Å². The summed E-state index contributed by atoms with van der Waals surface area (Å²) in [7, 11) is -10.4. The van der Waals surface area contributed by atoms with E-state index in [-0.39, 0.29) is 87.5 Å². The van der Waals surface area contributed by atoms with Crippen LogP contribution in [0.25, 0.3) is 6.08 Å². The molecule has 0 aliphatic heterocycles. The molecule has 0 aromatic heterocycles. The van der Waals surface area contributed by atoms with Crippen LogP contribution in [-0.4, -0.2) is 49.3 Å². The molecule has 0 saturated carbocycles. The number of hydrazone groups is 1. The SMILES string of the molecule is CC(=O)Nc1ccc(N/N=C2/C(=O)c3c(cc(S(=O)(=O)[O-])cc3NC(C)=O)C=C2S(=O)(=O)[O-])cc1.[Na+].[Na+]. The summed E-state index contributed by atoms with van der Waals surface area (Å²) >= 11 is 0. The Morgan fingerprint density at radius 2 is 1.38 bits per heavy atom. The number of allylic oxidation sites excluding steroid dienone is 1. The number of Topliss-reactive ketones (excluding diaryl/α,β-unsaturated/α-hetero) is 1. The molecule has 0 unspecified atom stereocenters. The molecule has 0 saturated heterocycles. The number of carbonyl (C=O) groups is 3. The van der Waals surface area contributed by atoms with Crippen LogP contribution < -0.4 is 75.2 Å². The molecular weight excluding hydrogens is 550 g/mol. The fourth-order valence-corrected chi connectivity index (χ4v) is 4.30. The van der Waals surface area contributed by atoms with Gasteiger partial charge in [0.05, 0.1) is 26.7 Å². The quantitative estimate of drug-likeness (QED) is 0.172. The minimum atomic E-state index is -5.30. The molecule has 1 aliphatic rings. The van der Waals surface area contributed by atoms with E-state index in [2.05, 4.69) is 21.2 Å². The molecule has 0 radical (unpaired) electrons. The molecule has 2 aromatic carbocycles. The maximum atomic E-state index is 13.2. The Labute approximate surface area is 256 Å². The average Bonchev–Trinajstić information content (AvgIpc) is 2.71. The zero-order chi connectivity index (χ0) is 26.1. The number of hydrogen-bond donors (Lipinski definition) is 3. The van der Waals surface area contributed by atoms with E-state index in [0.29, 0.717) is 11.8 Å². The van der Waals surface area contributed by atoms with Gasteiger partial charge in [-0.1, -0.05) is 0 Å². The molecule has 2 aromatic rings. The summed E-state index contributed by atoms with van der Waals surface area (Å²) in [6.07, 6.45) is 0.694. The van der Waals surface area contributed by atoms with Crippen molar-refractivity contribution in [2.75, 3.05) is 16.1 Å². The van der Waals surface area contributed by atoms with Crippen molar-refractivity contribution in [3.05, 3.63) is 52.4 Å². The van der Waals surface area contributed by atoms with Crippen LogP contribution in [0, 0.1) is 0 Å². The minimum Gasteiger partial charge on any atom is -0.744 e. The Morgan fingerprint density at radius 3 is 1.86 bits per heavy atom. The predicted molar refractivity (Wildman–Crippen MR) is 123 cm³/mol. The summed E-state index contributed by atoms with van der Waals surface area (Å²) in [5.74, 6) is -2.16. The van der Waals surface area contributed by atoms with E-state index in [1.165, 1.54) is 31.2 Å². The van der Waals surface area contributed by atoms with E-state index in [9.17, 15) is 40.3 Å². The second-order valence-electron chi connectivity index (χ2n) is 7.19. The molecule has 13 nitrogen and oxygen atoms in total. The molecule has 0 fully saturated rings. The number of rotatable bonds is 6. The van der Waals surface area contributed by atoms with Gasteiger partial charge in [0.2, 0.25) is 17.6 Å². The summed E-state index contributed by atoms with van der Waals surface area (Å²) in [5.41, 5.74) is 1.15. The second kappa shape index (κ2) is 12.8. The van der Waals surface area contributed by atoms with E-state index in [1.54, 1.807) is 0 Å². The van der Waals surface area contributed by atoms with Gasteiger partial charge in [0.15, 0.2) is 0 Å². The average molecular weight is 566 g/mol. The number of carbonyl (C=O) groups excluding carboxylic acids is 3. The number of fused-ring (bicyclic) bond motifs is 1. The Kier molecular flexibility index (Phi) is 11.4. The Hall–Kier alpha value is -1.92. The van der Waals surface area contributed by atoms with Gasteiger partial charge in [-0.05, 0) is 48.0 Å². The third-order valence-electron chi connectivity index (χ3n) is 4.48. The van der Waals surface area contributed by atoms with Crippen LogP contribution in [0.1, 0.15) is 29.8 Å². The minimum absolute atomic E-state index is 0. The van der Waals surface area contributed by atoms with Gasteiger partial charge in [-0.25, -0.2) is 16.8 Å². The Bertz CT molecular complexity index is 1540. The molecule has 0 spiro atoms. The fourth-order valence-electron chi connectivity index (χ4n) is 3.12. The van der Waals surface area contributed by atoms with Crippen molar-refractivity contribution in [3.63, 3.8) is 0 Å². The molecule has 37 heavy (non-hydrogen) atoms. The molecular formula is C20H16N4Na2O9S2. The largest absolute Gasteiger partial charge is 1.00 e. The first-order valence-corrected chi connectivity index (χ1v) is 12.3. The zero-order valence-corrected chi connectivity index (χ0v) is 25.6. The van der Waals surface area contributed by atoms with Crippen molar-refractivity contribution >= 4 is 66.7 Å². The maximum absolute atomic E-state index is 13.2. The number of nitrogens with zero attached hydrogens (tertiary/aromatic N) is 1. The molecule has 0 bridgehead atoms. The van der Waals surface area contributed by atoms with E-state index >= 15 is 0 Å². The van der Waals surface area contributed by atoms with Gasteiger partial charge < -0.3 is 19.7 Å². The topological polar surface area (TPSA) is 214 Å². The summed E-state index contributed by atoms with van der Waals surface area (Å²) in [6.45, 7) is 2.37. The third kappa shape index (κ3) is 8.28. The van der Waals surface area contributed by atoms with Crippen molar-refractivity contribution in [1.82, 2.24) is 0 Å². The first-order chi connectivity index (χ1) is 16.2. The summed E-state index contributed by atoms with van der Waals surface area (Å²) in [4.78, 5) is 34.0. The zero-order valence-electron chi connectivity index (χ0n) is 20.0. The van der Waals surface area contributed by atoms with Gasteiger partial charge in [-0.3, -0.25) is 19.8 Å². The van der Waals surface area contributed by atoms with Crippen molar-refractivity contribution in [2.45, 2.75) is 18.7 Å².